The molecular formula is C29H41N9O. The number of fused-ring (bicyclic) bond motifs is 1. The number of hydrogen-bond acceptors (Lipinski definition) is 9. The molecule has 0 bridgehead atoms. The van der Waals surface area contributed by atoms with E-state index >= 15 is 0 Å². The molecule has 2 aliphatic rings. The Kier molecular flexibility index (Phi) is 9.24. The number of nitriles is 1. The first-order chi connectivity index (χ1) is 19.1. The van der Waals surface area contributed by atoms with E-state index in [1.165, 1.54) is 18.4 Å². The molecule has 0 radical (unpaired) electrons. The molecule has 1 saturated carbocycles. The summed E-state index contributed by atoms with van der Waals surface area (Å²) in [5.41, 5.74) is 3.13. The number of nitrogens with zero attached hydrogens (tertiary/aromatic N) is 5. The van der Waals surface area contributed by atoms with E-state index in [0.29, 0.717) is 24.3 Å². The normalized spacial score (nSPS) is 22.6. The molecule has 208 valence electrons. The number of hydrogen-bond donors (Lipinski definition) is 4. The molecule has 5 rings (SSSR count). The SMILES string of the molecule is Cc1cc(Nc2nc(N[C@@H]3C[C@H](C)CCC[C@H](NCCC#N)C3)nc3cc(CN4CCOCC4)ccc23)n[nH]1. The summed E-state index contributed by atoms with van der Waals surface area (Å²) in [6.45, 7) is 9.40. The average molecular weight is 532 g/mol. The van der Waals surface area contributed by atoms with Crippen molar-refractivity contribution in [2.75, 3.05) is 43.5 Å². The van der Waals surface area contributed by atoms with Crippen molar-refractivity contribution in [3.05, 3.63) is 35.5 Å². The molecule has 39 heavy (non-hydrogen) atoms. The summed E-state index contributed by atoms with van der Waals surface area (Å²) < 4.78 is 5.52. The number of aryl methyl sites for hydroxylation is 1. The lowest BCUT2D eigenvalue weighted by Gasteiger charge is -2.30. The van der Waals surface area contributed by atoms with Crippen LogP contribution < -0.4 is 16.0 Å². The Hall–Kier alpha value is -3.26. The topological polar surface area (TPSA) is 127 Å². The first-order valence-electron chi connectivity index (χ1n) is 14.3. The molecule has 3 atom stereocenters. The third-order valence-corrected chi connectivity index (χ3v) is 7.73. The largest absolute Gasteiger partial charge is 0.379 e. The molecular weight excluding hydrogens is 490 g/mol. The number of morpholine rings is 1. The molecule has 10 nitrogen and oxygen atoms in total. The van der Waals surface area contributed by atoms with E-state index in [0.717, 1.165) is 86.9 Å². The lowest BCUT2D eigenvalue weighted by atomic mass is 9.87. The molecule has 1 saturated heterocycles. The number of rotatable bonds is 9. The Balaban J connectivity index is 1.41. The Morgan fingerprint density at radius 3 is 2.79 bits per heavy atom. The van der Waals surface area contributed by atoms with E-state index in [-0.39, 0.29) is 6.04 Å². The minimum Gasteiger partial charge on any atom is -0.379 e. The Labute approximate surface area is 230 Å². The second-order valence-electron chi connectivity index (χ2n) is 11.1. The van der Waals surface area contributed by atoms with Gasteiger partial charge in [-0.05, 0) is 49.8 Å². The summed E-state index contributed by atoms with van der Waals surface area (Å²) >= 11 is 0. The minimum atomic E-state index is 0.245. The predicted molar refractivity (Wildman–Crippen MR) is 154 cm³/mol. The Bertz CT molecular complexity index is 1260. The van der Waals surface area contributed by atoms with Gasteiger partial charge in [0.1, 0.15) is 5.82 Å². The van der Waals surface area contributed by atoms with E-state index in [1.807, 2.05) is 13.0 Å². The fourth-order valence-corrected chi connectivity index (χ4v) is 5.75. The quantitative estimate of drug-likeness (QED) is 0.295. The van der Waals surface area contributed by atoms with Crippen molar-refractivity contribution >= 4 is 28.5 Å². The first kappa shape index (κ1) is 27.3. The first-order valence-corrected chi connectivity index (χ1v) is 14.3. The molecule has 1 aliphatic heterocycles. The van der Waals surface area contributed by atoms with Crippen molar-refractivity contribution in [1.82, 2.24) is 30.4 Å². The zero-order valence-electron chi connectivity index (χ0n) is 23.2. The number of anilines is 3. The van der Waals surface area contributed by atoms with Gasteiger partial charge >= 0.3 is 0 Å². The lowest BCUT2D eigenvalue weighted by Crippen LogP contribution is -2.38. The zero-order valence-corrected chi connectivity index (χ0v) is 23.2. The van der Waals surface area contributed by atoms with Crippen LogP contribution in [0, 0.1) is 24.2 Å². The van der Waals surface area contributed by atoms with Gasteiger partial charge in [-0.25, -0.2) is 4.98 Å². The number of ether oxygens (including phenoxy) is 1. The summed E-state index contributed by atoms with van der Waals surface area (Å²) in [7, 11) is 0. The third kappa shape index (κ3) is 7.66. The smallest absolute Gasteiger partial charge is 0.225 e. The molecule has 3 aromatic rings. The van der Waals surface area contributed by atoms with Crippen molar-refractivity contribution in [1.29, 1.82) is 5.26 Å². The highest BCUT2D eigenvalue weighted by molar-refractivity contribution is 5.92. The molecule has 2 fully saturated rings. The summed E-state index contributed by atoms with van der Waals surface area (Å²) in [4.78, 5) is 12.4. The van der Waals surface area contributed by atoms with Crippen LogP contribution in [0.25, 0.3) is 10.9 Å². The van der Waals surface area contributed by atoms with Gasteiger partial charge in [0.05, 0.1) is 24.8 Å². The lowest BCUT2D eigenvalue weighted by molar-refractivity contribution is 0.0342. The summed E-state index contributed by atoms with van der Waals surface area (Å²) in [6, 6.07) is 11.3. The van der Waals surface area contributed by atoms with Gasteiger partial charge in [-0.3, -0.25) is 10.00 Å². The van der Waals surface area contributed by atoms with E-state index in [2.05, 4.69) is 62.2 Å². The summed E-state index contributed by atoms with van der Waals surface area (Å²) in [5, 5.41) is 28.0. The number of H-pyrrole nitrogens is 1. The fourth-order valence-electron chi connectivity index (χ4n) is 5.75. The second-order valence-corrected chi connectivity index (χ2v) is 11.1. The van der Waals surface area contributed by atoms with Crippen LogP contribution in [0.5, 0.6) is 0 Å². The van der Waals surface area contributed by atoms with Crippen molar-refractivity contribution in [2.24, 2.45) is 5.92 Å². The standard InChI is InChI=1S/C29H41N9O/c1-20-5-3-6-23(31-10-4-9-30)18-24(15-20)32-29-33-26-17-22(19-38-11-13-39-14-12-38)7-8-25(26)28(35-29)34-27-16-21(2)36-37-27/h7-8,16-17,20,23-24,31H,3-6,10-15,18-19H2,1-2H3,(H3,32,33,34,35,36,37)/t20-,23+,24-/m1/s1. The molecule has 0 amide bonds. The van der Waals surface area contributed by atoms with Crippen molar-refractivity contribution in [3.63, 3.8) is 0 Å². The highest BCUT2D eigenvalue weighted by Gasteiger charge is 2.23. The molecule has 3 heterocycles. The van der Waals surface area contributed by atoms with Gasteiger partial charge in [0.2, 0.25) is 5.95 Å². The molecule has 2 aromatic heterocycles. The van der Waals surface area contributed by atoms with Gasteiger partial charge in [0.25, 0.3) is 0 Å². The Morgan fingerprint density at radius 2 is 2.00 bits per heavy atom. The van der Waals surface area contributed by atoms with Crippen LogP contribution >= 0.6 is 0 Å². The highest BCUT2D eigenvalue weighted by atomic mass is 16.5. The van der Waals surface area contributed by atoms with Crippen LogP contribution in [0.1, 0.15) is 56.7 Å². The van der Waals surface area contributed by atoms with Gasteiger partial charge in [-0.1, -0.05) is 25.8 Å². The fraction of sp³-hybridized carbons (Fsp3) is 0.586. The number of aromatic nitrogens is 4. The molecule has 0 unspecified atom stereocenters. The van der Waals surface area contributed by atoms with Crippen LogP contribution in [0.3, 0.4) is 0 Å². The maximum Gasteiger partial charge on any atom is 0.225 e. The monoisotopic (exact) mass is 531 g/mol. The van der Waals surface area contributed by atoms with Gasteiger partial charge in [0, 0.05) is 61.8 Å². The highest BCUT2D eigenvalue weighted by Crippen LogP contribution is 2.29. The van der Waals surface area contributed by atoms with Crippen LogP contribution in [0.2, 0.25) is 0 Å². The number of nitrogens with one attached hydrogen (secondary N) is 4. The average Bonchev–Trinajstić information content (AvgIpc) is 3.32. The van der Waals surface area contributed by atoms with Gasteiger partial charge < -0.3 is 20.7 Å². The third-order valence-electron chi connectivity index (χ3n) is 7.73. The van der Waals surface area contributed by atoms with E-state index < -0.39 is 0 Å². The van der Waals surface area contributed by atoms with Gasteiger partial charge in [-0.2, -0.15) is 15.3 Å². The maximum absolute atomic E-state index is 8.97. The summed E-state index contributed by atoms with van der Waals surface area (Å²) in [6.07, 6.45) is 6.14. The van der Waals surface area contributed by atoms with Crippen molar-refractivity contribution < 1.29 is 4.74 Å². The van der Waals surface area contributed by atoms with Gasteiger partial charge in [-0.15, -0.1) is 0 Å². The second kappa shape index (κ2) is 13.2. The summed E-state index contributed by atoms with van der Waals surface area (Å²) in [5.74, 6) is 2.74. The van der Waals surface area contributed by atoms with Gasteiger partial charge in [0.15, 0.2) is 5.82 Å². The van der Waals surface area contributed by atoms with E-state index in [4.69, 9.17) is 20.0 Å². The molecule has 4 N–H and O–H groups in total. The molecule has 1 aliphatic carbocycles. The number of benzene rings is 1. The number of aromatic amines is 1. The molecule has 0 spiro atoms. The Morgan fingerprint density at radius 1 is 1.13 bits per heavy atom. The van der Waals surface area contributed by atoms with E-state index in [9.17, 15) is 0 Å². The van der Waals surface area contributed by atoms with Crippen LogP contribution in [-0.4, -0.2) is 70.0 Å². The van der Waals surface area contributed by atoms with Crippen LogP contribution in [-0.2, 0) is 11.3 Å². The molecule has 1 aromatic carbocycles. The van der Waals surface area contributed by atoms with Crippen molar-refractivity contribution in [3.8, 4) is 6.07 Å². The minimum absolute atomic E-state index is 0.245. The maximum atomic E-state index is 8.97. The zero-order chi connectivity index (χ0) is 27.0. The van der Waals surface area contributed by atoms with E-state index in [1.54, 1.807) is 0 Å². The van der Waals surface area contributed by atoms with Crippen LogP contribution in [0.4, 0.5) is 17.6 Å². The molecule has 10 heteroatoms. The van der Waals surface area contributed by atoms with Crippen LogP contribution in [0.15, 0.2) is 24.3 Å². The van der Waals surface area contributed by atoms with Crippen molar-refractivity contribution in [2.45, 2.75) is 71.0 Å². The predicted octanol–water partition coefficient (Wildman–Crippen LogP) is 4.49.